The van der Waals surface area contributed by atoms with Crippen molar-refractivity contribution in [2.45, 2.75) is 20.1 Å². The molecule has 0 fully saturated rings. The molecular formula is C15H19FN2O4. The van der Waals surface area contributed by atoms with Gasteiger partial charge in [0.15, 0.2) is 17.9 Å². The molecule has 7 heteroatoms. The Labute approximate surface area is 127 Å². The minimum Gasteiger partial charge on any atom is -0.483 e. The van der Waals surface area contributed by atoms with Crippen molar-refractivity contribution in [1.82, 2.24) is 9.55 Å². The van der Waals surface area contributed by atoms with Crippen LogP contribution in [0.1, 0.15) is 13.8 Å². The zero-order valence-corrected chi connectivity index (χ0v) is 12.8. The van der Waals surface area contributed by atoms with Crippen LogP contribution in [0.25, 0.3) is 11.0 Å². The van der Waals surface area contributed by atoms with Crippen molar-refractivity contribution in [2.24, 2.45) is 7.05 Å². The molecule has 0 saturated carbocycles. The molecule has 0 aliphatic heterocycles. The summed E-state index contributed by atoms with van der Waals surface area (Å²) in [5.74, 6) is -0.600. The molecule has 0 amide bonds. The van der Waals surface area contributed by atoms with Crippen LogP contribution in [0.2, 0.25) is 0 Å². The van der Waals surface area contributed by atoms with E-state index in [0.717, 1.165) is 0 Å². The Hall–Kier alpha value is -1.99. The molecule has 0 saturated heterocycles. The van der Waals surface area contributed by atoms with Gasteiger partial charge < -0.3 is 18.8 Å². The average Bonchev–Trinajstić information content (AvgIpc) is 2.50. The fourth-order valence-corrected chi connectivity index (χ4v) is 2.09. The van der Waals surface area contributed by atoms with Crippen molar-refractivity contribution in [2.75, 3.05) is 19.8 Å². The highest BCUT2D eigenvalue weighted by atomic mass is 19.1. The number of benzene rings is 1. The molecule has 0 unspecified atom stereocenters. The topological polar surface area (TPSA) is 62.6 Å². The highest BCUT2D eigenvalue weighted by Gasteiger charge is 2.16. The monoisotopic (exact) mass is 310 g/mol. The molecule has 0 radical (unpaired) electrons. The third-order valence-corrected chi connectivity index (χ3v) is 3.11. The number of aryl methyl sites for hydroxylation is 1. The third kappa shape index (κ3) is 3.42. The molecule has 2 rings (SSSR count). The van der Waals surface area contributed by atoms with Crippen molar-refractivity contribution in [1.29, 1.82) is 0 Å². The number of hydrogen-bond donors (Lipinski definition) is 0. The number of rotatable bonds is 7. The number of halogens is 1. The first-order valence-corrected chi connectivity index (χ1v) is 7.08. The maximum absolute atomic E-state index is 14.1. The maximum Gasteiger partial charge on any atom is 0.269 e. The summed E-state index contributed by atoms with van der Waals surface area (Å²) in [5.41, 5.74) is 0.441. The molecule has 2 aromatic rings. The molecule has 6 nitrogen and oxygen atoms in total. The van der Waals surface area contributed by atoms with Crippen molar-refractivity contribution in [3.63, 3.8) is 0 Å². The van der Waals surface area contributed by atoms with Gasteiger partial charge in [0.2, 0.25) is 0 Å². The smallest absolute Gasteiger partial charge is 0.269 e. The molecule has 1 aromatic heterocycles. The summed E-state index contributed by atoms with van der Waals surface area (Å²) in [6.45, 7) is 4.58. The summed E-state index contributed by atoms with van der Waals surface area (Å²) in [7, 11) is 1.54. The standard InChI is InChI=1S/C15H19FN2O4/c1-4-20-13(21-5-2)9-22-15-10(16)6-7-11-14(15)18(3)12(19)8-17-11/h6-8,13H,4-5,9H2,1-3H3. The quantitative estimate of drug-likeness (QED) is 0.730. The molecular weight excluding hydrogens is 291 g/mol. The SMILES string of the molecule is CCOC(COc1c(F)ccc2ncc(=O)n(C)c12)OCC. The fraction of sp³-hybridized carbons (Fsp3) is 0.467. The van der Waals surface area contributed by atoms with Crippen molar-refractivity contribution in [3.05, 3.63) is 34.5 Å². The van der Waals surface area contributed by atoms with E-state index in [1.807, 2.05) is 13.8 Å². The molecule has 0 atom stereocenters. The second-order valence-electron chi connectivity index (χ2n) is 4.55. The van der Waals surface area contributed by atoms with E-state index < -0.39 is 12.1 Å². The van der Waals surface area contributed by atoms with Gasteiger partial charge in [0, 0.05) is 20.3 Å². The predicted octanol–water partition coefficient (Wildman–Crippen LogP) is 1.85. The number of hydrogen-bond acceptors (Lipinski definition) is 5. The van der Waals surface area contributed by atoms with Gasteiger partial charge in [-0.3, -0.25) is 4.79 Å². The van der Waals surface area contributed by atoms with Crippen LogP contribution in [0.3, 0.4) is 0 Å². The van der Waals surface area contributed by atoms with E-state index in [0.29, 0.717) is 24.2 Å². The molecule has 0 bridgehead atoms. The number of nitrogens with zero attached hydrogens (tertiary/aromatic N) is 2. The number of ether oxygens (including phenoxy) is 3. The van der Waals surface area contributed by atoms with Crippen LogP contribution >= 0.6 is 0 Å². The normalized spacial score (nSPS) is 11.3. The van der Waals surface area contributed by atoms with E-state index in [1.54, 1.807) is 7.05 Å². The van der Waals surface area contributed by atoms with Gasteiger partial charge in [-0.1, -0.05) is 0 Å². The molecule has 120 valence electrons. The second-order valence-corrected chi connectivity index (χ2v) is 4.55. The van der Waals surface area contributed by atoms with Crippen LogP contribution in [0.4, 0.5) is 4.39 Å². The van der Waals surface area contributed by atoms with Crippen LogP contribution in [-0.2, 0) is 16.5 Å². The maximum atomic E-state index is 14.1. The number of fused-ring (bicyclic) bond motifs is 1. The van der Waals surface area contributed by atoms with Crippen LogP contribution < -0.4 is 10.3 Å². The van der Waals surface area contributed by atoms with Gasteiger partial charge in [0.1, 0.15) is 12.1 Å². The van der Waals surface area contributed by atoms with E-state index >= 15 is 0 Å². The van der Waals surface area contributed by atoms with Gasteiger partial charge in [0.05, 0.1) is 11.7 Å². The van der Waals surface area contributed by atoms with E-state index in [1.165, 1.54) is 22.9 Å². The summed E-state index contributed by atoms with van der Waals surface area (Å²) in [6.07, 6.45) is 0.589. The van der Waals surface area contributed by atoms with Gasteiger partial charge in [-0.2, -0.15) is 0 Å². The second kappa shape index (κ2) is 7.33. The zero-order chi connectivity index (χ0) is 16.1. The Morgan fingerprint density at radius 1 is 1.27 bits per heavy atom. The van der Waals surface area contributed by atoms with E-state index in [4.69, 9.17) is 14.2 Å². The Balaban J connectivity index is 2.35. The Bertz CT molecular complexity index is 696. The molecule has 1 aromatic carbocycles. The predicted molar refractivity (Wildman–Crippen MR) is 79.5 cm³/mol. The highest BCUT2D eigenvalue weighted by Crippen LogP contribution is 2.26. The lowest BCUT2D eigenvalue weighted by Gasteiger charge is -2.19. The zero-order valence-electron chi connectivity index (χ0n) is 12.8. The van der Waals surface area contributed by atoms with Crippen LogP contribution in [-0.4, -0.2) is 35.7 Å². The third-order valence-electron chi connectivity index (χ3n) is 3.11. The lowest BCUT2D eigenvalue weighted by atomic mass is 10.2. The van der Waals surface area contributed by atoms with E-state index in [2.05, 4.69) is 4.98 Å². The first-order chi connectivity index (χ1) is 10.6. The van der Waals surface area contributed by atoms with Gasteiger partial charge in [-0.15, -0.1) is 0 Å². The molecule has 0 aliphatic carbocycles. The summed E-state index contributed by atoms with van der Waals surface area (Å²) in [4.78, 5) is 15.7. The Morgan fingerprint density at radius 2 is 1.95 bits per heavy atom. The summed E-state index contributed by atoms with van der Waals surface area (Å²) in [5, 5.41) is 0. The lowest BCUT2D eigenvalue weighted by molar-refractivity contribution is -0.152. The molecule has 0 spiro atoms. The van der Waals surface area contributed by atoms with Gasteiger partial charge >= 0.3 is 0 Å². The lowest BCUT2D eigenvalue weighted by Crippen LogP contribution is -2.26. The molecule has 0 N–H and O–H groups in total. The Kier molecular flexibility index (Phi) is 5.46. The van der Waals surface area contributed by atoms with Crippen LogP contribution in [0, 0.1) is 5.82 Å². The van der Waals surface area contributed by atoms with Crippen LogP contribution in [0.5, 0.6) is 5.75 Å². The Morgan fingerprint density at radius 3 is 2.59 bits per heavy atom. The summed E-state index contributed by atoms with van der Waals surface area (Å²) in [6, 6.07) is 2.76. The van der Waals surface area contributed by atoms with Gasteiger partial charge in [-0.05, 0) is 26.0 Å². The average molecular weight is 310 g/mol. The van der Waals surface area contributed by atoms with Crippen molar-refractivity contribution in [3.8, 4) is 5.75 Å². The fourth-order valence-electron chi connectivity index (χ4n) is 2.09. The summed E-state index contributed by atoms with van der Waals surface area (Å²) >= 11 is 0. The minimum atomic E-state index is -0.599. The van der Waals surface area contributed by atoms with Gasteiger partial charge in [0.25, 0.3) is 5.56 Å². The molecule has 22 heavy (non-hydrogen) atoms. The largest absolute Gasteiger partial charge is 0.483 e. The van der Waals surface area contributed by atoms with E-state index in [-0.39, 0.29) is 17.9 Å². The highest BCUT2D eigenvalue weighted by molar-refractivity contribution is 5.81. The van der Waals surface area contributed by atoms with Crippen molar-refractivity contribution >= 4 is 11.0 Å². The van der Waals surface area contributed by atoms with Crippen molar-refractivity contribution < 1.29 is 18.6 Å². The van der Waals surface area contributed by atoms with Gasteiger partial charge in [-0.25, -0.2) is 9.37 Å². The van der Waals surface area contributed by atoms with E-state index in [9.17, 15) is 9.18 Å². The molecule has 1 heterocycles. The number of aromatic nitrogens is 2. The van der Waals surface area contributed by atoms with Crippen LogP contribution in [0.15, 0.2) is 23.1 Å². The molecule has 0 aliphatic rings. The first-order valence-electron chi connectivity index (χ1n) is 7.08. The summed E-state index contributed by atoms with van der Waals surface area (Å²) < 4.78 is 31.6. The first kappa shape index (κ1) is 16.4. The minimum absolute atomic E-state index is 0.0147.